The lowest BCUT2D eigenvalue weighted by Crippen LogP contribution is -1.98. The van der Waals surface area contributed by atoms with E-state index in [9.17, 15) is 0 Å². The number of nitrogens with one attached hydrogen (secondary N) is 1. The Morgan fingerprint density at radius 3 is 2.63 bits per heavy atom. The molecule has 0 heterocycles. The zero-order chi connectivity index (χ0) is 13.5. The highest BCUT2D eigenvalue weighted by Crippen LogP contribution is 2.26. The number of hydrogen-bond donors (Lipinski definition) is 1. The molecule has 2 aromatic carbocycles. The van der Waals surface area contributed by atoms with Crippen molar-refractivity contribution in [1.29, 1.82) is 0 Å². The summed E-state index contributed by atoms with van der Waals surface area (Å²) in [6, 6.07) is 15.5. The zero-order valence-corrected chi connectivity index (χ0v) is 11.4. The van der Waals surface area contributed by atoms with Crippen molar-refractivity contribution in [2.75, 3.05) is 19.0 Å². The van der Waals surface area contributed by atoms with Gasteiger partial charge >= 0.3 is 0 Å². The number of ether oxygens (including phenoxy) is 1. The Hall–Kier alpha value is -2.11. The van der Waals surface area contributed by atoms with E-state index < -0.39 is 0 Å². The molecule has 2 aromatic rings. The molecule has 0 bridgehead atoms. The Morgan fingerprint density at radius 1 is 1.16 bits per heavy atom. The predicted molar refractivity (Wildman–Crippen MR) is 79.8 cm³/mol. The molecule has 19 heavy (non-hydrogen) atoms. The maximum Gasteiger partial charge on any atom is 0.137 e. The first-order valence-electron chi connectivity index (χ1n) is 5.91. The van der Waals surface area contributed by atoms with E-state index in [0.717, 1.165) is 11.3 Å². The third-order valence-electron chi connectivity index (χ3n) is 2.54. The summed E-state index contributed by atoms with van der Waals surface area (Å²) in [7, 11) is 1.60. The Bertz CT molecular complexity index is 599. The average Bonchev–Trinajstić information content (AvgIpc) is 2.45. The van der Waals surface area contributed by atoms with Gasteiger partial charge in [0.25, 0.3) is 0 Å². The van der Waals surface area contributed by atoms with Gasteiger partial charge in [-0.25, -0.2) is 0 Å². The fourth-order valence-electron chi connectivity index (χ4n) is 1.59. The molecule has 2 nitrogen and oxygen atoms in total. The number of anilines is 1. The molecular formula is C16H14ClNO. The topological polar surface area (TPSA) is 21.3 Å². The van der Waals surface area contributed by atoms with Crippen molar-refractivity contribution < 1.29 is 4.74 Å². The molecule has 0 amide bonds. The van der Waals surface area contributed by atoms with E-state index in [2.05, 4.69) is 17.2 Å². The molecule has 0 aromatic heterocycles. The molecular weight excluding hydrogens is 258 g/mol. The summed E-state index contributed by atoms with van der Waals surface area (Å²) in [6.07, 6.45) is 0. The number of hydrogen-bond acceptors (Lipinski definition) is 2. The van der Waals surface area contributed by atoms with Crippen LogP contribution in [-0.2, 0) is 0 Å². The molecule has 0 aliphatic rings. The average molecular weight is 272 g/mol. The lowest BCUT2D eigenvalue weighted by molar-refractivity contribution is 0.415. The number of benzene rings is 2. The zero-order valence-electron chi connectivity index (χ0n) is 10.6. The summed E-state index contributed by atoms with van der Waals surface area (Å²) >= 11 is 6.04. The standard InChI is InChI=1S/C16H14ClNO/c1-19-16-10-9-14(12-15(16)17)18-11-5-8-13-6-3-2-4-7-13/h2-4,6-7,9-10,12,18H,11H2,1H3. The van der Waals surface area contributed by atoms with Crippen LogP contribution in [-0.4, -0.2) is 13.7 Å². The van der Waals surface area contributed by atoms with Gasteiger partial charge in [0.2, 0.25) is 0 Å². The van der Waals surface area contributed by atoms with Gasteiger partial charge < -0.3 is 10.1 Å². The smallest absolute Gasteiger partial charge is 0.137 e. The van der Waals surface area contributed by atoms with Crippen molar-refractivity contribution >= 4 is 17.3 Å². The fraction of sp³-hybridized carbons (Fsp3) is 0.125. The van der Waals surface area contributed by atoms with E-state index in [4.69, 9.17) is 16.3 Å². The Kier molecular flexibility index (Phi) is 4.72. The summed E-state index contributed by atoms with van der Waals surface area (Å²) in [6.45, 7) is 0.567. The van der Waals surface area contributed by atoms with Crippen LogP contribution in [0.15, 0.2) is 48.5 Å². The van der Waals surface area contributed by atoms with Gasteiger partial charge in [-0.1, -0.05) is 41.6 Å². The van der Waals surface area contributed by atoms with Crippen molar-refractivity contribution in [2.24, 2.45) is 0 Å². The van der Waals surface area contributed by atoms with Crippen LogP contribution in [0.2, 0.25) is 5.02 Å². The van der Waals surface area contributed by atoms with Crippen molar-refractivity contribution in [3.8, 4) is 17.6 Å². The molecule has 2 rings (SSSR count). The van der Waals surface area contributed by atoms with Gasteiger partial charge in [0.1, 0.15) is 5.75 Å². The minimum atomic E-state index is 0.567. The largest absolute Gasteiger partial charge is 0.495 e. The quantitative estimate of drug-likeness (QED) is 0.857. The van der Waals surface area contributed by atoms with Gasteiger partial charge in [0.15, 0.2) is 0 Å². The third kappa shape index (κ3) is 3.94. The van der Waals surface area contributed by atoms with Crippen molar-refractivity contribution in [2.45, 2.75) is 0 Å². The molecule has 0 fully saturated rings. The normalized spacial score (nSPS) is 9.37. The Balaban J connectivity index is 1.93. The summed E-state index contributed by atoms with van der Waals surface area (Å²) in [5.41, 5.74) is 1.94. The minimum Gasteiger partial charge on any atom is -0.495 e. The first-order chi connectivity index (χ1) is 9.29. The van der Waals surface area contributed by atoms with Gasteiger partial charge in [0, 0.05) is 11.3 Å². The van der Waals surface area contributed by atoms with Crippen LogP contribution in [0.3, 0.4) is 0 Å². The maximum absolute atomic E-state index is 6.04. The molecule has 0 aliphatic heterocycles. The van der Waals surface area contributed by atoms with Crippen LogP contribution in [0.25, 0.3) is 0 Å². The van der Waals surface area contributed by atoms with Gasteiger partial charge in [-0.05, 0) is 30.3 Å². The predicted octanol–water partition coefficient (Wildman–Crippen LogP) is 3.81. The van der Waals surface area contributed by atoms with Crippen LogP contribution < -0.4 is 10.1 Å². The summed E-state index contributed by atoms with van der Waals surface area (Å²) in [4.78, 5) is 0. The van der Waals surface area contributed by atoms with Crippen LogP contribution in [0.1, 0.15) is 5.56 Å². The van der Waals surface area contributed by atoms with E-state index in [1.54, 1.807) is 7.11 Å². The number of halogens is 1. The van der Waals surface area contributed by atoms with E-state index in [0.29, 0.717) is 17.3 Å². The van der Waals surface area contributed by atoms with Gasteiger partial charge in [0.05, 0.1) is 18.7 Å². The van der Waals surface area contributed by atoms with Gasteiger partial charge in [-0.3, -0.25) is 0 Å². The Labute approximate surface area is 118 Å². The van der Waals surface area contributed by atoms with Crippen LogP contribution in [0, 0.1) is 11.8 Å². The minimum absolute atomic E-state index is 0.567. The van der Waals surface area contributed by atoms with E-state index in [-0.39, 0.29) is 0 Å². The third-order valence-corrected chi connectivity index (χ3v) is 2.83. The highest BCUT2D eigenvalue weighted by molar-refractivity contribution is 6.32. The van der Waals surface area contributed by atoms with E-state index in [1.165, 1.54) is 0 Å². The second-order valence-electron chi connectivity index (χ2n) is 3.87. The highest BCUT2D eigenvalue weighted by Gasteiger charge is 2.00. The summed E-state index contributed by atoms with van der Waals surface area (Å²) in [5.74, 6) is 6.81. The number of rotatable bonds is 3. The van der Waals surface area contributed by atoms with Gasteiger partial charge in [-0.15, -0.1) is 0 Å². The van der Waals surface area contributed by atoms with Crippen LogP contribution in [0.5, 0.6) is 5.75 Å². The molecule has 3 heteroatoms. The summed E-state index contributed by atoms with van der Waals surface area (Å²) < 4.78 is 5.10. The van der Waals surface area contributed by atoms with Crippen molar-refractivity contribution in [1.82, 2.24) is 0 Å². The first kappa shape index (κ1) is 13.3. The number of methoxy groups -OCH3 is 1. The molecule has 0 radical (unpaired) electrons. The first-order valence-corrected chi connectivity index (χ1v) is 6.29. The fourth-order valence-corrected chi connectivity index (χ4v) is 1.85. The van der Waals surface area contributed by atoms with Gasteiger partial charge in [-0.2, -0.15) is 0 Å². The molecule has 1 N–H and O–H groups in total. The van der Waals surface area contributed by atoms with E-state index in [1.807, 2.05) is 48.5 Å². The monoisotopic (exact) mass is 271 g/mol. The van der Waals surface area contributed by atoms with Crippen molar-refractivity contribution in [3.05, 3.63) is 59.1 Å². The maximum atomic E-state index is 6.04. The SMILES string of the molecule is COc1ccc(NCC#Cc2ccccc2)cc1Cl. The molecule has 0 saturated heterocycles. The lowest BCUT2D eigenvalue weighted by atomic mass is 10.2. The molecule has 96 valence electrons. The van der Waals surface area contributed by atoms with Crippen LogP contribution >= 0.6 is 11.6 Å². The molecule has 0 unspecified atom stereocenters. The molecule has 0 aliphatic carbocycles. The lowest BCUT2D eigenvalue weighted by Gasteiger charge is -2.06. The summed E-state index contributed by atoms with van der Waals surface area (Å²) in [5, 5.41) is 3.78. The highest BCUT2D eigenvalue weighted by atomic mass is 35.5. The second kappa shape index (κ2) is 6.72. The second-order valence-corrected chi connectivity index (χ2v) is 4.28. The molecule has 0 spiro atoms. The molecule has 0 saturated carbocycles. The Morgan fingerprint density at radius 2 is 1.95 bits per heavy atom. The molecule has 0 atom stereocenters. The van der Waals surface area contributed by atoms with Crippen molar-refractivity contribution in [3.63, 3.8) is 0 Å². The van der Waals surface area contributed by atoms with E-state index >= 15 is 0 Å². The van der Waals surface area contributed by atoms with Crippen LogP contribution in [0.4, 0.5) is 5.69 Å².